The van der Waals surface area contributed by atoms with Gasteiger partial charge in [-0.15, -0.1) is 0 Å². The molecule has 2 saturated heterocycles. The zero-order valence-corrected chi connectivity index (χ0v) is 13.3. The zero-order chi connectivity index (χ0) is 15.6. The van der Waals surface area contributed by atoms with Gasteiger partial charge < -0.3 is 0 Å². The fraction of sp³-hybridized carbons (Fsp3) is 0.500. The third-order valence-electron chi connectivity index (χ3n) is 5.21. The highest BCUT2D eigenvalue weighted by Crippen LogP contribution is 2.26. The van der Waals surface area contributed by atoms with Gasteiger partial charge in [0.25, 0.3) is 0 Å². The second kappa shape index (κ2) is 6.51. The van der Waals surface area contributed by atoms with Crippen LogP contribution < -0.4 is 10.9 Å². The Morgan fingerprint density at radius 1 is 1.22 bits per heavy atom. The normalized spacial score (nSPS) is 23.6. The minimum atomic E-state index is -0.170. The minimum absolute atomic E-state index is 0.170. The number of benzene rings is 1. The molecule has 122 valence electrons. The number of halogens is 1. The van der Waals surface area contributed by atoms with E-state index in [-0.39, 0.29) is 5.82 Å². The Bertz CT molecular complexity index is 676. The van der Waals surface area contributed by atoms with Crippen molar-refractivity contribution in [3.05, 3.63) is 41.8 Å². The van der Waals surface area contributed by atoms with Gasteiger partial charge in [-0.2, -0.15) is 0 Å². The molecular formula is C18H23FN4. The summed E-state index contributed by atoms with van der Waals surface area (Å²) in [5.41, 5.74) is 8.56. The number of aromatic nitrogens is 1. The molecule has 2 fully saturated rings. The van der Waals surface area contributed by atoms with E-state index in [4.69, 9.17) is 0 Å². The Hall–Kier alpha value is -1.56. The van der Waals surface area contributed by atoms with Crippen LogP contribution in [0.3, 0.4) is 0 Å². The quantitative estimate of drug-likeness (QED) is 0.913. The molecule has 0 spiro atoms. The van der Waals surface area contributed by atoms with Crippen LogP contribution in [0.2, 0.25) is 0 Å². The first kappa shape index (κ1) is 15.0. The predicted molar refractivity (Wildman–Crippen MR) is 89.2 cm³/mol. The van der Waals surface area contributed by atoms with Crippen molar-refractivity contribution < 1.29 is 4.39 Å². The third-order valence-corrected chi connectivity index (χ3v) is 5.21. The molecule has 3 heterocycles. The molecule has 1 atom stereocenters. The predicted octanol–water partition coefficient (Wildman–Crippen LogP) is 2.45. The van der Waals surface area contributed by atoms with Crippen LogP contribution in [0.4, 0.5) is 4.39 Å². The second-order valence-corrected chi connectivity index (χ2v) is 6.72. The van der Waals surface area contributed by atoms with Gasteiger partial charge in [-0.05, 0) is 62.0 Å². The lowest BCUT2D eigenvalue weighted by Crippen LogP contribution is -2.42. The number of hydrazine groups is 1. The summed E-state index contributed by atoms with van der Waals surface area (Å²) < 4.78 is 13.9. The molecule has 0 amide bonds. The first-order valence-electron chi connectivity index (χ1n) is 8.53. The van der Waals surface area contributed by atoms with Crippen molar-refractivity contribution in [2.45, 2.75) is 31.8 Å². The SMILES string of the molecule is Fc1cc(CN2CCC(C3CCNN3)CC2)c2ncccc2c1. The fourth-order valence-corrected chi connectivity index (χ4v) is 3.96. The summed E-state index contributed by atoms with van der Waals surface area (Å²) in [5.74, 6) is 0.584. The van der Waals surface area contributed by atoms with Crippen LogP contribution in [0.25, 0.3) is 10.9 Å². The van der Waals surface area contributed by atoms with Crippen molar-refractivity contribution in [1.29, 1.82) is 0 Å². The smallest absolute Gasteiger partial charge is 0.124 e. The lowest BCUT2D eigenvalue weighted by Gasteiger charge is -2.34. The molecule has 0 aliphatic carbocycles. The largest absolute Gasteiger partial charge is 0.299 e. The fourth-order valence-electron chi connectivity index (χ4n) is 3.96. The number of hydrogen-bond donors (Lipinski definition) is 2. The van der Waals surface area contributed by atoms with Crippen molar-refractivity contribution in [2.24, 2.45) is 5.92 Å². The molecule has 4 nitrogen and oxygen atoms in total. The van der Waals surface area contributed by atoms with Gasteiger partial charge in [-0.3, -0.25) is 20.7 Å². The Labute approximate surface area is 136 Å². The Morgan fingerprint density at radius 3 is 2.87 bits per heavy atom. The van der Waals surface area contributed by atoms with E-state index in [1.807, 2.05) is 12.1 Å². The van der Waals surface area contributed by atoms with Crippen molar-refractivity contribution >= 4 is 10.9 Å². The number of fused-ring (bicyclic) bond motifs is 1. The number of nitrogens with one attached hydrogen (secondary N) is 2. The van der Waals surface area contributed by atoms with E-state index in [1.165, 1.54) is 19.3 Å². The van der Waals surface area contributed by atoms with Crippen LogP contribution in [0.1, 0.15) is 24.8 Å². The highest BCUT2D eigenvalue weighted by Gasteiger charge is 2.28. The van der Waals surface area contributed by atoms with Crippen LogP contribution in [0.5, 0.6) is 0 Å². The maximum atomic E-state index is 13.9. The van der Waals surface area contributed by atoms with Crippen LogP contribution >= 0.6 is 0 Å². The molecule has 0 radical (unpaired) electrons. The summed E-state index contributed by atoms with van der Waals surface area (Å²) in [6.45, 7) is 4.02. The molecule has 1 unspecified atom stereocenters. The average molecular weight is 314 g/mol. The van der Waals surface area contributed by atoms with E-state index in [0.717, 1.165) is 48.6 Å². The summed E-state index contributed by atoms with van der Waals surface area (Å²) in [7, 11) is 0. The minimum Gasteiger partial charge on any atom is -0.299 e. The van der Waals surface area contributed by atoms with Gasteiger partial charge >= 0.3 is 0 Å². The molecule has 23 heavy (non-hydrogen) atoms. The monoisotopic (exact) mass is 314 g/mol. The van der Waals surface area contributed by atoms with Crippen LogP contribution in [-0.4, -0.2) is 35.6 Å². The van der Waals surface area contributed by atoms with Crippen LogP contribution in [0.15, 0.2) is 30.5 Å². The van der Waals surface area contributed by atoms with E-state index in [0.29, 0.717) is 6.04 Å². The molecule has 2 aliphatic heterocycles. The molecule has 2 N–H and O–H groups in total. The number of hydrogen-bond acceptors (Lipinski definition) is 4. The topological polar surface area (TPSA) is 40.2 Å². The Kier molecular flexibility index (Phi) is 4.25. The number of rotatable bonds is 3. The summed E-state index contributed by atoms with van der Waals surface area (Å²) in [4.78, 5) is 6.89. The maximum absolute atomic E-state index is 13.9. The van der Waals surface area contributed by atoms with Crippen LogP contribution in [-0.2, 0) is 6.54 Å². The Morgan fingerprint density at radius 2 is 2.09 bits per heavy atom. The van der Waals surface area contributed by atoms with Crippen LogP contribution in [0, 0.1) is 11.7 Å². The summed E-state index contributed by atoms with van der Waals surface area (Å²) in [6, 6.07) is 7.62. The van der Waals surface area contributed by atoms with Gasteiger partial charge in [0.1, 0.15) is 5.82 Å². The molecule has 5 heteroatoms. The molecule has 4 rings (SSSR count). The van der Waals surface area contributed by atoms with Gasteiger partial charge in [0.05, 0.1) is 5.52 Å². The van der Waals surface area contributed by atoms with Gasteiger partial charge in [0.2, 0.25) is 0 Å². The van der Waals surface area contributed by atoms with Crippen molar-refractivity contribution in [2.75, 3.05) is 19.6 Å². The van der Waals surface area contributed by atoms with Gasteiger partial charge in [0, 0.05) is 30.7 Å². The number of pyridine rings is 1. The number of likely N-dealkylation sites (tertiary alicyclic amines) is 1. The summed E-state index contributed by atoms with van der Waals surface area (Å²) in [5, 5.41) is 0.888. The average Bonchev–Trinajstić information content (AvgIpc) is 3.10. The number of piperidine rings is 1. The third kappa shape index (κ3) is 3.22. The van der Waals surface area contributed by atoms with Gasteiger partial charge in [-0.25, -0.2) is 4.39 Å². The highest BCUT2D eigenvalue weighted by molar-refractivity contribution is 5.81. The maximum Gasteiger partial charge on any atom is 0.124 e. The molecule has 0 saturated carbocycles. The van der Waals surface area contributed by atoms with E-state index in [2.05, 4.69) is 20.7 Å². The van der Waals surface area contributed by atoms with Crippen molar-refractivity contribution in [1.82, 2.24) is 20.7 Å². The molecule has 1 aromatic carbocycles. The molecule has 1 aromatic heterocycles. The van der Waals surface area contributed by atoms with Crippen molar-refractivity contribution in [3.63, 3.8) is 0 Å². The van der Waals surface area contributed by atoms with E-state index in [1.54, 1.807) is 18.3 Å². The second-order valence-electron chi connectivity index (χ2n) is 6.72. The van der Waals surface area contributed by atoms with E-state index in [9.17, 15) is 4.39 Å². The molecule has 0 bridgehead atoms. The van der Waals surface area contributed by atoms with Crippen molar-refractivity contribution in [3.8, 4) is 0 Å². The zero-order valence-electron chi connectivity index (χ0n) is 13.3. The molecule has 2 aromatic rings. The molecule has 2 aliphatic rings. The van der Waals surface area contributed by atoms with Gasteiger partial charge in [-0.1, -0.05) is 6.07 Å². The van der Waals surface area contributed by atoms with Gasteiger partial charge in [0.15, 0.2) is 0 Å². The first-order valence-corrected chi connectivity index (χ1v) is 8.53. The summed E-state index contributed by atoms with van der Waals surface area (Å²) >= 11 is 0. The van der Waals surface area contributed by atoms with E-state index < -0.39 is 0 Å². The lowest BCUT2D eigenvalue weighted by atomic mass is 9.88. The standard InChI is InChI=1S/C18H23FN4/c19-16-10-14-2-1-6-20-18(14)15(11-16)12-23-8-4-13(5-9-23)17-3-7-21-22-17/h1-2,6,10-11,13,17,21-22H,3-5,7-9,12H2. The first-order chi connectivity index (χ1) is 11.3. The van der Waals surface area contributed by atoms with E-state index >= 15 is 0 Å². The Balaban J connectivity index is 1.45. The summed E-state index contributed by atoms with van der Waals surface area (Å²) in [6.07, 6.45) is 5.43. The molecular weight excluding hydrogens is 291 g/mol. The number of nitrogens with zero attached hydrogens (tertiary/aromatic N) is 2. The lowest BCUT2D eigenvalue weighted by molar-refractivity contribution is 0.156. The highest BCUT2D eigenvalue weighted by atomic mass is 19.1.